The van der Waals surface area contributed by atoms with Crippen LogP contribution >= 0.6 is 7.60 Å². The maximum absolute atomic E-state index is 13.5. The van der Waals surface area contributed by atoms with Crippen molar-refractivity contribution in [3.8, 4) is 11.3 Å². The number of sulfonamides is 1. The molecule has 0 spiro atoms. The van der Waals surface area contributed by atoms with Crippen LogP contribution in [0.4, 0.5) is 10.3 Å². The van der Waals surface area contributed by atoms with E-state index in [2.05, 4.69) is 9.97 Å². The zero-order chi connectivity index (χ0) is 22.7. The first kappa shape index (κ1) is 24.4. The standard InChI is InChI=1S/C19H27FN3O5PS/c1-13(2)17-16(11-12-29(24,27-4)28-5)18(14-7-9-15(20)10-8-14)22-19(21-17)23(3)30(6,25)26/h7-10,13H,11-12H2,1-6H3. The van der Waals surface area contributed by atoms with Gasteiger partial charge in [-0.3, -0.25) is 4.57 Å². The first-order valence-corrected chi connectivity index (χ1v) is 12.8. The molecule has 0 aliphatic carbocycles. The topological polar surface area (TPSA) is 98.7 Å². The molecule has 0 N–H and O–H groups in total. The van der Waals surface area contributed by atoms with E-state index >= 15 is 0 Å². The molecule has 1 aromatic heterocycles. The van der Waals surface area contributed by atoms with Crippen LogP contribution in [0.15, 0.2) is 24.3 Å². The Bertz CT molecular complexity index is 1040. The number of benzene rings is 1. The van der Waals surface area contributed by atoms with Crippen molar-refractivity contribution in [2.45, 2.75) is 26.2 Å². The molecule has 1 heterocycles. The fourth-order valence-corrected chi connectivity index (χ4v) is 4.24. The third kappa shape index (κ3) is 5.63. The van der Waals surface area contributed by atoms with Crippen molar-refractivity contribution < 1.29 is 26.4 Å². The van der Waals surface area contributed by atoms with Crippen LogP contribution in [0, 0.1) is 5.82 Å². The minimum atomic E-state index is -3.60. The summed E-state index contributed by atoms with van der Waals surface area (Å²) in [6, 6.07) is 5.71. The molecule has 0 aliphatic heterocycles. The molecule has 1 aromatic carbocycles. The molecule has 2 rings (SSSR count). The lowest BCUT2D eigenvalue weighted by Crippen LogP contribution is -2.28. The normalized spacial score (nSPS) is 12.4. The van der Waals surface area contributed by atoms with Gasteiger partial charge in [0, 0.05) is 32.4 Å². The van der Waals surface area contributed by atoms with E-state index in [1.807, 2.05) is 13.8 Å². The molecule has 0 saturated heterocycles. The van der Waals surface area contributed by atoms with Crippen LogP contribution in [0.3, 0.4) is 0 Å². The molecule has 0 amide bonds. The quantitative estimate of drug-likeness (QED) is 0.526. The number of hydrogen-bond donors (Lipinski definition) is 0. The lowest BCUT2D eigenvalue weighted by atomic mass is 9.97. The lowest BCUT2D eigenvalue weighted by Gasteiger charge is -2.22. The van der Waals surface area contributed by atoms with Gasteiger partial charge in [0.1, 0.15) is 5.82 Å². The average molecular weight is 459 g/mol. The Labute approximate surface area is 177 Å². The summed E-state index contributed by atoms with van der Waals surface area (Å²) >= 11 is 0. The molecular formula is C19H27FN3O5PS. The highest BCUT2D eigenvalue weighted by Crippen LogP contribution is 2.47. The summed E-state index contributed by atoms with van der Waals surface area (Å²) in [5, 5.41) is 0. The van der Waals surface area contributed by atoms with Gasteiger partial charge in [-0.1, -0.05) is 13.8 Å². The highest BCUT2D eigenvalue weighted by atomic mass is 32.2. The summed E-state index contributed by atoms with van der Waals surface area (Å²) in [6.07, 6.45) is 1.41. The number of anilines is 1. The van der Waals surface area contributed by atoms with Gasteiger partial charge >= 0.3 is 7.60 Å². The van der Waals surface area contributed by atoms with Crippen molar-refractivity contribution in [1.82, 2.24) is 9.97 Å². The third-order valence-corrected chi connectivity index (χ3v) is 7.71. The van der Waals surface area contributed by atoms with Crippen molar-refractivity contribution in [3.63, 3.8) is 0 Å². The van der Waals surface area contributed by atoms with Crippen LogP contribution < -0.4 is 4.31 Å². The number of aromatic nitrogens is 2. The summed E-state index contributed by atoms with van der Waals surface area (Å²) < 4.78 is 61.2. The summed E-state index contributed by atoms with van der Waals surface area (Å²) in [7, 11) is -2.89. The molecule has 0 saturated carbocycles. The molecule has 0 bridgehead atoms. The molecule has 0 atom stereocenters. The van der Waals surface area contributed by atoms with E-state index < -0.39 is 23.4 Å². The first-order chi connectivity index (χ1) is 13.9. The zero-order valence-corrected chi connectivity index (χ0v) is 19.6. The molecule has 0 aliphatic rings. The molecule has 0 unspecified atom stereocenters. The highest BCUT2D eigenvalue weighted by molar-refractivity contribution is 7.92. The van der Waals surface area contributed by atoms with Crippen LogP contribution in [-0.4, -0.2) is 52.1 Å². The molecule has 0 fully saturated rings. The van der Waals surface area contributed by atoms with Crippen LogP contribution in [0.2, 0.25) is 0 Å². The third-order valence-electron chi connectivity index (χ3n) is 4.66. The Hall–Kier alpha value is -1.87. The minimum Gasteiger partial charge on any atom is -0.312 e. The number of rotatable bonds is 9. The summed E-state index contributed by atoms with van der Waals surface area (Å²) in [4.78, 5) is 8.96. The van der Waals surface area contributed by atoms with Crippen molar-refractivity contribution in [1.29, 1.82) is 0 Å². The summed E-state index contributed by atoms with van der Waals surface area (Å²) in [5.41, 5.74) is 2.31. The van der Waals surface area contributed by atoms with E-state index in [1.54, 1.807) is 12.1 Å². The predicted molar refractivity (Wildman–Crippen MR) is 115 cm³/mol. The maximum atomic E-state index is 13.5. The van der Waals surface area contributed by atoms with Crippen LogP contribution in [0.5, 0.6) is 0 Å². The van der Waals surface area contributed by atoms with Gasteiger partial charge in [0.25, 0.3) is 0 Å². The number of hydrogen-bond acceptors (Lipinski definition) is 7. The summed E-state index contributed by atoms with van der Waals surface area (Å²) in [5.74, 6) is -0.487. The van der Waals surface area contributed by atoms with Crippen molar-refractivity contribution >= 4 is 23.6 Å². The first-order valence-electron chi connectivity index (χ1n) is 9.23. The van der Waals surface area contributed by atoms with Crippen molar-refractivity contribution in [3.05, 3.63) is 41.3 Å². The smallest absolute Gasteiger partial charge is 0.312 e. The van der Waals surface area contributed by atoms with E-state index in [0.29, 0.717) is 22.5 Å². The van der Waals surface area contributed by atoms with Gasteiger partial charge in [0.15, 0.2) is 0 Å². The van der Waals surface area contributed by atoms with Gasteiger partial charge < -0.3 is 9.05 Å². The minimum absolute atomic E-state index is 0.00550. The van der Waals surface area contributed by atoms with E-state index in [1.165, 1.54) is 33.4 Å². The highest BCUT2D eigenvalue weighted by Gasteiger charge is 2.26. The molecule has 30 heavy (non-hydrogen) atoms. The van der Waals surface area contributed by atoms with E-state index in [-0.39, 0.29) is 24.4 Å². The van der Waals surface area contributed by atoms with Crippen molar-refractivity contribution in [2.24, 2.45) is 0 Å². The van der Waals surface area contributed by atoms with Gasteiger partial charge in [0.2, 0.25) is 16.0 Å². The Balaban J connectivity index is 2.73. The Morgan fingerprint density at radius 1 is 1.13 bits per heavy atom. The second-order valence-corrected chi connectivity index (χ2v) is 11.5. The zero-order valence-electron chi connectivity index (χ0n) is 17.9. The fraction of sp³-hybridized carbons (Fsp3) is 0.474. The Kier molecular flexibility index (Phi) is 7.74. The molecule has 166 valence electrons. The molecule has 11 heteroatoms. The van der Waals surface area contributed by atoms with Gasteiger partial charge in [-0.05, 0) is 36.6 Å². The maximum Gasteiger partial charge on any atom is 0.330 e. The second kappa shape index (κ2) is 9.51. The largest absolute Gasteiger partial charge is 0.330 e. The fourth-order valence-electron chi connectivity index (χ4n) is 2.85. The van der Waals surface area contributed by atoms with Crippen LogP contribution in [-0.2, 0) is 30.1 Å². The monoisotopic (exact) mass is 459 g/mol. The van der Waals surface area contributed by atoms with E-state index in [4.69, 9.17) is 9.05 Å². The SMILES string of the molecule is COP(=O)(CCc1c(-c2ccc(F)cc2)nc(N(C)S(C)(=O)=O)nc1C(C)C)OC. The predicted octanol–water partition coefficient (Wildman–Crippen LogP) is 3.83. The number of halogens is 1. The average Bonchev–Trinajstić information content (AvgIpc) is 2.70. The molecule has 0 radical (unpaired) electrons. The van der Waals surface area contributed by atoms with Gasteiger partial charge in [-0.2, -0.15) is 0 Å². The van der Waals surface area contributed by atoms with Gasteiger partial charge in [-0.25, -0.2) is 27.1 Å². The van der Waals surface area contributed by atoms with Crippen LogP contribution in [0.25, 0.3) is 11.3 Å². The van der Waals surface area contributed by atoms with Crippen LogP contribution in [0.1, 0.15) is 31.0 Å². The Morgan fingerprint density at radius 3 is 2.17 bits per heavy atom. The van der Waals surface area contributed by atoms with Gasteiger partial charge in [-0.15, -0.1) is 0 Å². The van der Waals surface area contributed by atoms with Gasteiger partial charge in [0.05, 0.1) is 23.8 Å². The summed E-state index contributed by atoms with van der Waals surface area (Å²) in [6.45, 7) is 3.83. The Morgan fingerprint density at radius 2 is 1.70 bits per heavy atom. The molecule has 2 aromatic rings. The lowest BCUT2D eigenvalue weighted by molar-refractivity contribution is 0.276. The van der Waals surface area contributed by atoms with Crippen molar-refractivity contribution in [2.75, 3.05) is 38.0 Å². The molecule has 8 nitrogen and oxygen atoms in total. The second-order valence-electron chi connectivity index (χ2n) is 7.08. The molecular weight excluding hydrogens is 432 g/mol. The van der Waals surface area contributed by atoms with E-state index in [0.717, 1.165) is 10.6 Å². The van der Waals surface area contributed by atoms with E-state index in [9.17, 15) is 17.4 Å². The number of nitrogens with zero attached hydrogens (tertiary/aromatic N) is 3.